The molecule has 72 heavy (non-hydrogen) atoms. The monoisotopic (exact) mass is 1030 g/mol. The molecule has 0 radical (unpaired) electrons. The SMILES string of the molecule is CC(C)c1ccccc1[C@H]1CN(S(C)(=O)=O)CCN1C1CC2(CCN(c3ccc(C(=O)NS(=O)(=O)c4cc5c(c([N+](=O)[O-])c4)N[C@@H]([C@H]4CC[C@](C)(O)CC4)CO5)c(Oc4cnc5[nH]cc(F)c5c4)c3)CC2)C1. The molecule has 5 aliphatic rings. The van der Waals surface area contributed by atoms with Crippen LogP contribution in [0.4, 0.5) is 21.5 Å². The van der Waals surface area contributed by atoms with Crippen molar-refractivity contribution in [2.45, 2.75) is 107 Å². The number of hydrogen-bond acceptors (Lipinski definition) is 14. The van der Waals surface area contributed by atoms with E-state index in [1.54, 1.807) is 23.4 Å². The zero-order valence-corrected chi connectivity index (χ0v) is 42.4. The number of anilines is 2. The molecule has 0 unspecified atom stereocenters. The van der Waals surface area contributed by atoms with Gasteiger partial charge in [0.1, 0.15) is 29.6 Å². The molecule has 3 aromatic carbocycles. The highest BCUT2D eigenvalue weighted by molar-refractivity contribution is 7.90. The number of carbonyl (C=O) groups excluding carboxylic acids is 1. The lowest BCUT2D eigenvalue weighted by atomic mass is 9.59. The Kier molecular flexibility index (Phi) is 13.0. The van der Waals surface area contributed by atoms with E-state index in [9.17, 15) is 41.2 Å². The summed E-state index contributed by atoms with van der Waals surface area (Å²) >= 11 is 0. The normalized spacial score (nSPS) is 24.0. The van der Waals surface area contributed by atoms with E-state index in [4.69, 9.17) is 9.47 Å². The van der Waals surface area contributed by atoms with E-state index in [0.29, 0.717) is 70.1 Å². The number of carbonyl (C=O) groups is 1. The average molecular weight is 1030 g/mol. The van der Waals surface area contributed by atoms with E-state index in [2.05, 4.69) is 55.8 Å². The Balaban J connectivity index is 0.866. The Morgan fingerprint density at radius 3 is 2.46 bits per heavy atom. The zero-order chi connectivity index (χ0) is 50.9. The number of nitrogens with one attached hydrogen (secondary N) is 3. The first-order valence-corrected chi connectivity index (χ1v) is 28.0. The minimum Gasteiger partial charge on any atom is -0.489 e. The van der Waals surface area contributed by atoms with Crippen LogP contribution < -0.4 is 24.4 Å². The van der Waals surface area contributed by atoms with Crippen molar-refractivity contribution < 1.29 is 45.5 Å². The van der Waals surface area contributed by atoms with Crippen LogP contribution in [0.15, 0.2) is 78.0 Å². The number of fused-ring (bicyclic) bond motifs is 2. The molecule has 4 fully saturated rings. The maximum atomic E-state index is 14.7. The van der Waals surface area contributed by atoms with Crippen LogP contribution in [0, 0.1) is 27.3 Å². The summed E-state index contributed by atoms with van der Waals surface area (Å²) in [6, 6.07) is 16.6. The Morgan fingerprint density at radius 2 is 1.75 bits per heavy atom. The molecule has 18 nitrogen and oxygen atoms in total. The molecule has 1 amide bonds. The fraction of sp³-hybridized carbons (Fsp3) is 0.490. The van der Waals surface area contributed by atoms with Crippen molar-refractivity contribution in [1.82, 2.24) is 23.9 Å². The number of aromatic nitrogens is 2. The highest BCUT2D eigenvalue weighted by Gasteiger charge is 2.50. The lowest BCUT2D eigenvalue weighted by Gasteiger charge is -2.58. The van der Waals surface area contributed by atoms with Gasteiger partial charge < -0.3 is 29.8 Å². The first-order chi connectivity index (χ1) is 34.2. The molecule has 2 aromatic heterocycles. The molecule has 10 rings (SSSR count). The number of nitro benzene ring substituents is 1. The molecule has 384 valence electrons. The average Bonchev–Trinajstić information content (AvgIpc) is 3.71. The third-order valence-corrected chi connectivity index (χ3v) is 18.5. The largest absolute Gasteiger partial charge is 0.489 e. The molecular weight excluding hydrogens is 968 g/mol. The van der Waals surface area contributed by atoms with Crippen LogP contribution in [0.3, 0.4) is 0 Å². The molecule has 5 heterocycles. The second kappa shape index (κ2) is 18.9. The number of H-pyrrole nitrogens is 1. The summed E-state index contributed by atoms with van der Waals surface area (Å²) in [6.45, 7) is 9.11. The van der Waals surface area contributed by atoms with Gasteiger partial charge in [0.15, 0.2) is 11.4 Å². The van der Waals surface area contributed by atoms with Gasteiger partial charge in [-0.25, -0.2) is 30.9 Å². The summed E-state index contributed by atoms with van der Waals surface area (Å²) in [5, 5.41) is 26.2. The van der Waals surface area contributed by atoms with Crippen molar-refractivity contribution in [3.63, 3.8) is 0 Å². The smallest absolute Gasteiger partial charge is 0.297 e. The molecule has 5 aromatic rings. The van der Waals surface area contributed by atoms with E-state index in [-0.39, 0.29) is 75.5 Å². The van der Waals surface area contributed by atoms with Crippen LogP contribution in [0.5, 0.6) is 17.2 Å². The molecule has 3 aliphatic heterocycles. The highest BCUT2D eigenvalue weighted by Crippen LogP contribution is 2.54. The predicted octanol–water partition coefficient (Wildman–Crippen LogP) is 7.83. The van der Waals surface area contributed by atoms with Gasteiger partial charge in [0.25, 0.3) is 21.6 Å². The number of nitrogens with zero attached hydrogens (tertiary/aromatic N) is 5. The number of ether oxygens (including phenoxy) is 2. The maximum absolute atomic E-state index is 14.7. The number of aliphatic hydroxyl groups is 1. The topological polar surface area (TPSA) is 230 Å². The number of hydrogen-bond donors (Lipinski definition) is 4. The van der Waals surface area contributed by atoms with Gasteiger partial charge in [-0.2, -0.15) is 4.31 Å². The van der Waals surface area contributed by atoms with Crippen molar-refractivity contribution in [3.8, 4) is 17.2 Å². The lowest BCUT2D eigenvalue weighted by molar-refractivity contribution is -0.384. The number of benzene rings is 3. The van der Waals surface area contributed by atoms with Crippen LogP contribution in [0.25, 0.3) is 11.0 Å². The highest BCUT2D eigenvalue weighted by atomic mass is 32.2. The van der Waals surface area contributed by atoms with Gasteiger partial charge in [-0.3, -0.25) is 19.8 Å². The van der Waals surface area contributed by atoms with Crippen molar-refractivity contribution in [2.24, 2.45) is 11.3 Å². The first-order valence-electron chi connectivity index (χ1n) is 24.7. The third-order valence-electron chi connectivity index (χ3n) is 15.9. The quantitative estimate of drug-likeness (QED) is 0.0690. The van der Waals surface area contributed by atoms with Crippen LogP contribution in [0.2, 0.25) is 0 Å². The van der Waals surface area contributed by atoms with Crippen molar-refractivity contribution in [3.05, 3.63) is 106 Å². The zero-order valence-electron chi connectivity index (χ0n) is 40.8. The van der Waals surface area contributed by atoms with Gasteiger partial charge in [-0.05, 0) is 105 Å². The van der Waals surface area contributed by atoms with Crippen molar-refractivity contribution >= 4 is 54.0 Å². The van der Waals surface area contributed by atoms with Gasteiger partial charge in [-0.15, -0.1) is 0 Å². The van der Waals surface area contributed by atoms with Gasteiger partial charge in [0, 0.05) is 74.9 Å². The number of piperidine rings is 1. The van der Waals surface area contributed by atoms with Crippen LogP contribution in [-0.2, 0) is 20.0 Å². The number of amides is 1. The van der Waals surface area contributed by atoms with Crippen LogP contribution in [-0.4, -0.2) is 115 Å². The molecular formula is C51H61FN8O10S2. The van der Waals surface area contributed by atoms with Gasteiger partial charge >= 0.3 is 0 Å². The summed E-state index contributed by atoms with van der Waals surface area (Å²) in [5.41, 5.74) is 2.05. The summed E-state index contributed by atoms with van der Waals surface area (Å²) < 4.78 is 84.2. The Labute approximate surface area is 418 Å². The standard InChI is InChI=1S/C51H61FN8O10S2/c1-31(2)37-7-5-6-8-38(37)44-29-58(71(4,65)66)19-20-59(44)34-25-51(26-34)15-17-57(18-16-51)33-9-10-39(45(21-33)70-35-22-40-41(52)28-54-48(40)53-27-35)49(61)56-72(67,68)36-23-43(60(63)64)47-46(24-36)69-30-42(55-47)32-11-13-50(3,62)14-12-32/h5-10,21-24,27-28,31-32,34,42,44,55,62H,11-20,25-26,29-30H2,1-4H3,(H,53,54)(H,56,61)/t32-,42-,44-,50-/m1/s1. The van der Waals surface area contributed by atoms with Crippen molar-refractivity contribution in [2.75, 3.05) is 55.8 Å². The summed E-state index contributed by atoms with van der Waals surface area (Å²) in [5.74, 6) is -1.27. The summed E-state index contributed by atoms with van der Waals surface area (Å²) in [4.78, 5) is 37.0. The number of sulfonamides is 2. The second-order valence-corrected chi connectivity index (χ2v) is 24.8. The summed E-state index contributed by atoms with van der Waals surface area (Å²) in [7, 11) is -8.13. The van der Waals surface area contributed by atoms with Crippen LogP contribution in [0.1, 0.15) is 106 Å². The molecule has 2 saturated carbocycles. The van der Waals surface area contributed by atoms with E-state index in [1.807, 2.05) is 12.1 Å². The number of halogens is 1. The molecule has 2 aliphatic carbocycles. The molecule has 4 N–H and O–H groups in total. The van der Waals surface area contributed by atoms with Gasteiger partial charge in [0.05, 0.1) is 44.9 Å². The number of pyridine rings is 1. The van der Waals surface area contributed by atoms with E-state index < -0.39 is 52.9 Å². The number of nitro groups is 1. The van der Waals surface area contributed by atoms with E-state index in [0.717, 1.165) is 44.0 Å². The maximum Gasteiger partial charge on any atom is 0.297 e. The number of piperazine rings is 1. The molecule has 1 spiro atoms. The van der Waals surface area contributed by atoms with E-state index >= 15 is 0 Å². The summed E-state index contributed by atoms with van der Waals surface area (Å²) in [6.07, 6.45) is 10.1. The number of aromatic amines is 1. The first kappa shape index (κ1) is 49.7. The second-order valence-electron chi connectivity index (χ2n) is 21.1. The fourth-order valence-corrected chi connectivity index (χ4v) is 13.6. The van der Waals surface area contributed by atoms with E-state index in [1.165, 1.54) is 35.7 Å². The Bertz CT molecular complexity index is 3140. The Morgan fingerprint density at radius 1 is 1.01 bits per heavy atom. The Hall–Kier alpha value is -5.87. The van der Waals surface area contributed by atoms with Crippen LogP contribution >= 0.6 is 0 Å². The number of rotatable bonds is 12. The molecule has 2 saturated heterocycles. The minimum atomic E-state index is -4.75. The predicted molar refractivity (Wildman–Crippen MR) is 269 cm³/mol. The molecule has 0 bridgehead atoms. The molecule has 21 heteroatoms. The molecule has 2 atom stereocenters. The van der Waals surface area contributed by atoms with Gasteiger partial charge in [0.2, 0.25) is 10.0 Å². The van der Waals surface area contributed by atoms with Gasteiger partial charge in [-0.1, -0.05) is 38.1 Å². The fourth-order valence-electron chi connectivity index (χ4n) is 11.8. The third kappa shape index (κ3) is 9.84. The lowest BCUT2D eigenvalue weighted by Crippen LogP contribution is -2.60. The minimum absolute atomic E-state index is 0.0264. The van der Waals surface area contributed by atoms with Crippen molar-refractivity contribution in [1.29, 1.82) is 0 Å².